The van der Waals surface area contributed by atoms with Gasteiger partial charge in [-0.1, -0.05) is 13.8 Å². The number of nitrogen functional groups attached to an aromatic ring is 1. The van der Waals surface area contributed by atoms with E-state index in [2.05, 4.69) is 25.8 Å². The third-order valence-corrected chi connectivity index (χ3v) is 3.49. The van der Waals surface area contributed by atoms with E-state index in [0.717, 1.165) is 12.1 Å². The molecule has 1 rings (SSSR count). The van der Waals surface area contributed by atoms with Gasteiger partial charge in [0.05, 0.1) is 12.1 Å². The lowest BCUT2D eigenvalue weighted by Crippen LogP contribution is -2.36. The Bertz CT molecular complexity index is 376. The van der Waals surface area contributed by atoms with Crippen LogP contribution in [0.25, 0.3) is 0 Å². The number of nitrogens with two attached hydrogens (primary N) is 1. The van der Waals surface area contributed by atoms with Gasteiger partial charge in [0, 0.05) is 18.5 Å². The third-order valence-electron chi connectivity index (χ3n) is 2.77. The van der Waals surface area contributed by atoms with Crippen LogP contribution in [0.4, 0.5) is 5.13 Å². The van der Waals surface area contributed by atoms with E-state index in [1.807, 2.05) is 12.4 Å². The van der Waals surface area contributed by atoms with E-state index >= 15 is 0 Å². The molecule has 0 bridgehead atoms. The number of carbonyl (C=O) groups is 1. The maximum atomic E-state index is 12.0. The molecular formula is C12H21N3OS. The quantitative estimate of drug-likeness (QED) is 0.877. The lowest BCUT2D eigenvalue weighted by molar-refractivity contribution is -0.131. The first-order valence-electron chi connectivity index (χ1n) is 5.85. The second-order valence-corrected chi connectivity index (χ2v) is 5.73. The summed E-state index contributed by atoms with van der Waals surface area (Å²) in [5.41, 5.74) is 6.30. The number of aromatic nitrogens is 1. The highest BCUT2D eigenvalue weighted by atomic mass is 32.1. The topological polar surface area (TPSA) is 59.2 Å². The van der Waals surface area contributed by atoms with Gasteiger partial charge in [-0.15, -0.1) is 11.3 Å². The summed E-state index contributed by atoms with van der Waals surface area (Å²) in [6.07, 6.45) is 1.36. The smallest absolute Gasteiger partial charge is 0.228 e. The van der Waals surface area contributed by atoms with Crippen molar-refractivity contribution in [2.75, 3.05) is 12.8 Å². The first kappa shape index (κ1) is 14.0. The molecule has 0 aliphatic heterocycles. The average molecular weight is 255 g/mol. The molecule has 1 unspecified atom stereocenters. The van der Waals surface area contributed by atoms with Crippen LogP contribution in [0, 0.1) is 5.92 Å². The van der Waals surface area contributed by atoms with E-state index in [4.69, 9.17) is 5.73 Å². The average Bonchev–Trinajstić information content (AvgIpc) is 2.61. The maximum Gasteiger partial charge on any atom is 0.228 e. The zero-order chi connectivity index (χ0) is 13.0. The fourth-order valence-corrected chi connectivity index (χ4v) is 2.33. The Morgan fingerprint density at radius 1 is 1.53 bits per heavy atom. The van der Waals surface area contributed by atoms with Crippen molar-refractivity contribution < 1.29 is 4.79 Å². The molecule has 5 heteroatoms. The zero-order valence-electron chi connectivity index (χ0n) is 10.9. The predicted molar refractivity (Wildman–Crippen MR) is 71.9 cm³/mol. The van der Waals surface area contributed by atoms with Crippen molar-refractivity contribution in [1.82, 2.24) is 9.88 Å². The number of anilines is 1. The second kappa shape index (κ2) is 6.00. The molecular weight excluding hydrogens is 234 g/mol. The van der Waals surface area contributed by atoms with Crippen LogP contribution >= 0.6 is 11.3 Å². The second-order valence-electron chi connectivity index (χ2n) is 4.84. The lowest BCUT2D eigenvalue weighted by atomic mass is 10.0. The molecule has 4 nitrogen and oxygen atoms in total. The van der Waals surface area contributed by atoms with E-state index in [9.17, 15) is 4.79 Å². The molecule has 0 fully saturated rings. The summed E-state index contributed by atoms with van der Waals surface area (Å²) in [5, 5.41) is 2.36. The van der Waals surface area contributed by atoms with Crippen LogP contribution in [0.1, 0.15) is 32.9 Å². The van der Waals surface area contributed by atoms with Crippen LogP contribution in [-0.4, -0.2) is 28.9 Å². The van der Waals surface area contributed by atoms with Crippen molar-refractivity contribution in [2.45, 2.75) is 39.7 Å². The van der Waals surface area contributed by atoms with Crippen molar-refractivity contribution in [3.8, 4) is 0 Å². The Labute approximate surface area is 107 Å². The zero-order valence-corrected chi connectivity index (χ0v) is 11.8. The van der Waals surface area contributed by atoms with E-state index in [1.54, 1.807) is 4.90 Å². The number of nitrogens with zero attached hydrogens (tertiary/aromatic N) is 2. The number of carbonyl (C=O) groups excluding carboxylic acids is 1. The summed E-state index contributed by atoms with van der Waals surface area (Å²) in [6, 6.07) is 0.262. The van der Waals surface area contributed by atoms with E-state index in [0.29, 0.717) is 17.5 Å². The molecule has 1 aromatic heterocycles. The normalized spacial score (nSPS) is 12.8. The van der Waals surface area contributed by atoms with Gasteiger partial charge in [0.2, 0.25) is 5.91 Å². The standard InChI is InChI=1S/C12H21N3OS/c1-8(2)5-9(3)15(4)11(16)6-10-7-17-12(13)14-10/h7-9H,5-6H2,1-4H3,(H2,13,14). The fraction of sp³-hybridized carbons (Fsp3) is 0.667. The largest absolute Gasteiger partial charge is 0.375 e. The molecule has 1 atom stereocenters. The highest BCUT2D eigenvalue weighted by Crippen LogP contribution is 2.14. The molecule has 2 N–H and O–H groups in total. The SMILES string of the molecule is CC(C)CC(C)N(C)C(=O)Cc1csc(N)n1. The summed E-state index contributed by atoms with van der Waals surface area (Å²) < 4.78 is 0. The third kappa shape index (κ3) is 4.34. The molecule has 1 amide bonds. The summed E-state index contributed by atoms with van der Waals surface area (Å²) in [5.74, 6) is 0.693. The van der Waals surface area contributed by atoms with Gasteiger partial charge in [-0.25, -0.2) is 4.98 Å². The van der Waals surface area contributed by atoms with Gasteiger partial charge in [0.15, 0.2) is 5.13 Å². The van der Waals surface area contributed by atoms with E-state index in [1.165, 1.54) is 11.3 Å². The maximum absolute atomic E-state index is 12.0. The molecule has 0 spiro atoms. The minimum Gasteiger partial charge on any atom is -0.375 e. The molecule has 17 heavy (non-hydrogen) atoms. The summed E-state index contributed by atoms with van der Waals surface area (Å²) in [6.45, 7) is 6.40. The van der Waals surface area contributed by atoms with Crippen molar-refractivity contribution >= 4 is 22.4 Å². The van der Waals surface area contributed by atoms with Gasteiger partial charge in [0.25, 0.3) is 0 Å². The number of rotatable bonds is 5. The van der Waals surface area contributed by atoms with Crippen molar-refractivity contribution in [2.24, 2.45) is 5.92 Å². The van der Waals surface area contributed by atoms with Crippen LogP contribution in [0.2, 0.25) is 0 Å². The number of hydrogen-bond donors (Lipinski definition) is 1. The Morgan fingerprint density at radius 3 is 2.65 bits per heavy atom. The minimum absolute atomic E-state index is 0.100. The highest BCUT2D eigenvalue weighted by Gasteiger charge is 2.17. The molecule has 0 saturated heterocycles. The minimum atomic E-state index is 0.100. The van der Waals surface area contributed by atoms with Crippen LogP contribution in [0.15, 0.2) is 5.38 Å². The van der Waals surface area contributed by atoms with Crippen molar-refractivity contribution in [3.63, 3.8) is 0 Å². The molecule has 0 aromatic carbocycles. The monoisotopic (exact) mass is 255 g/mol. The molecule has 0 aliphatic carbocycles. The molecule has 96 valence electrons. The van der Waals surface area contributed by atoms with Crippen molar-refractivity contribution in [3.05, 3.63) is 11.1 Å². The summed E-state index contributed by atoms with van der Waals surface area (Å²) in [7, 11) is 1.85. The van der Waals surface area contributed by atoms with Gasteiger partial charge < -0.3 is 10.6 Å². The van der Waals surface area contributed by atoms with Gasteiger partial charge in [-0.2, -0.15) is 0 Å². The molecule has 0 aliphatic rings. The van der Waals surface area contributed by atoms with Gasteiger partial charge >= 0.3 is 0 Å². The molecule has 1 aromatic rings. The van der Waals surface area contributed by atoms with Crippen LogP contribution in [-0.2, 0) is 11.2 Å². The van der Waals surface area contributed by atoms with Gasteiger partial charge in [-0.05, 0) is 19.3 Å². The fourth-order valence-electron chi connectivity index (χ4n) is 1.77. The van der Waals surface area contributed by atoms with Crippen LogP contribution in [0.3, 0.4) is 0 Å². The van der Waals surface area contributed by atoms with Gasteiger partial charge in [0.1, 0.15) is 0 Å². The Hall–Kier alpha value is -1.10. The van der Waals surface area contributed by atoms with E-state index < -0.39 is 0 Å². The van der Waals surface area contributed by atoms with Gasteiger partial charge in [-0.3, -0.25) is 4.79 Å². The van der Waals surface area contributed by atoms with Crippen LogP contribution in [0.5, 0.6) is 0 Å². The first-order chi connectivity index (χ1) is 7.90. The Kier molecular flexibility index (Phi) is 4.93. The Morgan fingerprint density at radius 2 is 2.18 bits per heavy atom. The van der Waals surface area contributed by atoms with Crippen molar-refractivity contribution in [1.29, 1.82) is 0 Å². The summed E-state index contributed by atoms with van der Waals surface area (Å²) in [4.78, 5) is 17.9. The first-order valence-corrected chi connectivity index (χ1v) is 6.73. The van der Waals surface area contributed by atoms with E-state index in [-0.39, 0.29) is 11.9 Å². The molecule has 0 saturated carbocycles. The van der Waals surface area contributed by atoms with Crippen LogP contribution < -0.4 is 5.73 Å². The Balaban J connectivity index is 2.52. The predicted octanol–water partition coefficient (Wildman–Crippen LogP) is 2.16. The molecule has 0 radical (unpaired) electrons. The number of hydrogen-bond acceptors (Lipinski definition) is 4. The highest BCUT2D eigenvalue weighted by molar-refractivity contribution is 7.13. The summed E-state index contributed by atoms with van der Waals surface area (Å²) >= 11 is 1.37. The number of thiazole rings is 1. The number of likely N-dealkylation sites (N-methyl/N-ethyl adjacent to an activating group) is 1. The lowest BCUT2D eigenvalue weighted by Gasteiger charge is -2.26. The number of amides is 1. The molecule has 1 heterocycles.